The summed E-state index contributed by atoms with van der Waals surface area (Å²) in [5.41, 5.74) is 6.62. The highest BCUT2D eigenvalue weighted by molar-refractivity contribution is 6.30. The van der Waals surface area contributed by atoms with Gasteiger partial charge in [0.25, 0.3) is 5.91 Å². The van der Waals surface area contributed by atoms with E-state index in [9.17, 15) is 4.79 Å². The Morgan fingerprint density at radius 3 is 2.43 bits per heavy atom. The molecule has 4 rings (SSSR count). The van der Waals surface area contributed by atoms with Crippen molar-refractivity contribution < 1.29 is 4.79 Å². The number of aromatic nitrogens is 2. The molecule has 1 amide bonds. The Morgan fingerprint density at radius 1 is 1.03 bits per heavy atom. The SMILES string of the molecule is Cc1ccc(-n2c(-c3ccc(Cl)cc3)cc(C(=O)NCc3cccnc3)c2C)cc1. The molecule has 0 saturated carbocycles. The molecule has 0 aliphatic heterocycles. The molecule has 0 bridgehead atoms. The number of carbonyl (C=O) groups is 1. The van der Waals surface area contributed by atoms with Crippen LogP contribution in [0.4, 0.5) is 0 Å². The highest BCUT2D eigenvalue weighted by atomic mass is 35.5. The molecule has 5 heteroatoms. The van der Waals surface area contributed by atoms with Gasteiger partial charge in [0.1, 0.15) is 0 Å². The fourth-order valence-electron chi connectivity index (χ4n) is 3.48. The van der Waals surface area contributed by atoms with E-state index < -0.39 is 0 Å². The van der Waals surface area contributed by atoms with Crippen molar-refractivity contribution in [3.05, 3.63) is 107 Å². The molecule has 4 nitrogen and oxygen atoms in total. The van der Waals surface area contributed by atoms with Crippen molar-refractivity contribution in [2.75, 3.05) is 0 Å². The molecule has 0 fully saturated rings. The van der Waals surface area contributed by atoms with Crippen LogP contribution < -0.4 is 5.32 Å². The van der Waals surface area contributed by atoms with Gasteiger partial charge in [-0.25, -0.2) is 0 Å². The van der Waals surface area contributed by atoms with Crippen LogP contribution in [0.25, 0.3) is 16.9 Å². The molecular formula is C25H22ClN3O. The molecule has 0 saturated heterocycles. The van der Waals surface area contributed by atoms with Crippen molar-refractivity contribution in [2.45, 2.75) is 20.4 Å². The third-order valence-corrected chi connectivity index (χ3v) is 5.35. The Bertz CT molecular complexity index is 1160. The fourth-order valence-corrected chi connectivity index (χ4v) is 3.60. The summed E-state index contributed by atoms with van der Waals surface area (Å²) >= 11 is 6.08. The third kappa shape index (κ3) is 4.14. The zero-order valence-electron chi connectivity index (χ0n) is 16.9. The summed E-state index contributed by atoms with van der Waals surface area (Å²) in [7, 11) is 0. The summed E-state index contributed by atoms with van der Waals surface area (Å²) in [6.07, 6.45) is 3.47. The van der Waals surface area contributed by atoms with Gasteiger partial charge in [0.15, 0.2) is 0 Å². The standard InChI is InChI=1S/C25H22ClN3O/c1-17-5-11-22(12-6-17)29-18(2)23(14-24(29)20-7-9-21(26)10-8-20)25(30)28-16-19-4-3-13-27-15-19/h3-15H,16H2,1-2H3,(H,28,30). The molecule has 0 radical (unpaired) electrons. The second-order valence-corrected chi connectivity index (χ2v) is 7.69. The Kier molecular flexibility index (Phi) is 5.68. The molecule has 2 aromatic heterocycles. The van der Waals surface area contributed by atoms with Crippen molar-refractivity contribution in [1.29, 1.82) is 0 Å². The molecule has 30 heavy (non-hydrogen) atoms. The van der Waals surface area contributed by atoms with E-state index in [0.29, 0.717) is 17.1 Å². The van der Waals surface area contributed by atoms with Crippen LogP contribution in [-0.4, -0.2) is 15.5 Å². The largest absolute Gasteiger partial charge is 0.348 e. The number of hydrogen-bond acceptors (Lipinski definition) is 2. The number of halogens is 1. The molecule has 0 spiro atoms. The van der Waals surface area contributed by atoms with Gasteiger partial charge in [-0.3, -0.25) is 9.78 Å². The lowest BCUT2D eigenvalue weighted by Crippen LogP contribution is -2.23. The minimum Gasteiger partial charge on any atom is -0.348 e. The van der Waals surface area contributed by atoms with Crippen molar-refractivity contribution in [1.82, 2.24) is 14.9 Å². The van der Waals surface area contributed by atoms with Gasteiger partial charge in [0.05, 0.1) is 11.3 Å². The van der Waals surface area contributed by atoms with Crippen LogP contribution in [0.1, 0.15) is 27.2 Å². The lowest BCUT2D eigenvalue weighted by atomic mass is 10.1. The van der Waals surface area contributed by atoms with E-state index in [-0.39, 0.29) is 5.91 Å². The summed E-state index contributed by atoms with van der Waals surface area (Å²) in [5, 5.41) is 3.68. The molecule has 0 atom stereocenters. The summed E-state index contributed by atoms with van der Waals surface area (Å²) in [6, 6.07) is 21.7. The lowest BCUT2D eigenvalue weighted by Gasteiger charge is -2.13. The van der Waals surface area contributed by atoms with Gasteiger partial charge in [-0.1, -0.05) is 47.5 Å². The highest BCUT2D eigenvalue weighted by Crippen LogP contribution is 2.30. The average Bonchev–Trinajstić information content (AvgIpc) is 3.11. The molecule has 0 aliphatic carbocycles. The summed E-state index contributed by atoms with van der Waals surface area (Å²) in [6.45, 7) is 4.46. The number of pyridine rings is 1. The van der Waals surface area contributed by atoms with Crippen molar-refractivity contribution in [3.8, 4) is 16.9 Å². The van der Waals surface area contributed by atoms with Gasteiger partial charge in [-0.15, -0.1) is 0 Å². The Balaban J connectivity index is 1.74. The van der Waals surface area contributed by atoms with Crippen LogP contribution in [0.3, 0.4) is 0 Å². The summed E-state index contributed by atoms with van der Waals surface area (Å²) in [4.78, 5) is 17.1. The first-order valence-corrected chi connectivity index (χ1v) is 10.1. The van der Waals surface area contributed by atoms with Crippen molar-refractivity contribution in [2.24, 2.45) is 0 Å². The first kappa shape index (κ1) is 19.9. The number of hydrogen-bond donors (Lipinski definition) is 1. The van der Waals surface area contributed by atoms with Crippen LogP contribution in [0.2, 0.25) is 5.02 Å². The molecule has 2 aromatic carbocycles. The smallest absolute Gasteiger partial charge is 0.253 e. The summed E-state index contributed by atoms with van der Waals surface area (Å²) < 4.78 is 2.11. The molecule has 150 valence electrons. The topological polar surface area (TPSA) is 46.9 Å². The first-order chi connectivity index (χ1) is 14.5. The predicted molar refractivity (Wildman–Crippen MR) is 121 cm³/mol. The number of amides is 1. The van der Waals surface area contributed by atoms with E-state index in [1.54, 1.807) is 12.4 Å². The third-order valence-electron chi connectivity index (χ3n) is 5.10. The predicted octanol–water partition coefficient (Wildman–Crippen LogP) is 5.74. The van der Waals surface area contributed by atoms with Gasteiger partial charge in [0.2, 0.25) is 0 Å². The van der Waals surface area contributed by atoms with Crippen molar-refractivity contribution in [3.63, 3.8) is 0 Å². The molecule has 1 N–H and O–H groups in total. The molecule has 4 aromatic rings. The first-order valence-electron chi connectivity index (χ1n) is 9.75. The van der Waals surface area contributed by atoms with Gasteiger partial charge in [-0.05, 0) is 61.4 Å². The van der Waals surface area contributed by atoms with Crippen LogP contribution >= 0.6 is 11.6 Å². The van der Waals surface area contributed by atoms with E-state index in [1.165, 1.54) is 5.56 Å². The Hall–Kier alpha value is -3.37. The normalized spacial score (nSPS) is 10.8. The fraction of sp³-hybridized carbons (Fsp3) is 0.120. The van der Waals surface area contributed by atoms with E-state index >= 15 is 0 Å². The Labute approximate surface area is 181 Å². The maximum Gasteiger partial charge on any atom is 0.253 e. The number of aryl methyl sites for hydroxylation is 1. The number of carbonyl (C=O) groups excluding carboxylic acids is 1. The Morgan fingerprint density at radius 2 is 1.77 bits per heavy atom. The van der Waals surface area contributed by atoms with E-state index in [1.807, 2.05) is 49.4 Å². The van der Waals surface area contributed by atoms with Gasteiger partial charge in [-0.2, -0.15) is 0 Å². The second kappa shape index (κ2) is 8.56. The van der Waals surface area contributed by atoms with Crippen molar-refractivity contribution >= 4 is 17.5 Å². The van der Waals surface area contributed by atoms with Gasteiger partial charge < -0.3 is 9.88 Å². The average molecular weight is 416 g/mol. The number of benzene rings is 2. The lowest BCUT2D eigenvalue weighted by molar-refractivity contribution is 0.0950. The minimum absolute atomic E-state index is 0.113. The molecule has 2 heterocycles. The van der Waals surface area contributed by atoms with E-state index in [2.05, 4.69) is 46.1 Å². The number of rotatable bonds is 5. The van der Waals surface area contributed by atoms with Crippen LogP contribution in [0.5, 0.6) is 0 Å². The monoisotopic (exact) mass is 415 g/mol. The van der Waals surface area contributed by atoms with Crippen LogP contribution in [0, 0.1) is 13.8 Å². The minimum atomic E-state index is -0.113. The summed E-state index contributed by atoms with van der Waals surface area (Å²) in [5.74, 6) is -0.113. The number of nitrogens with zero attached hydrogens (tertiary/aromatic N) is 2. The number of nitrogens with one attached hydrogen (secondary N) is 1. The highest BCUT2D eigenvalue weighted by Gasteiger charge is 2.19. The quantitative estimate of drug-likeness (QED) is 0.451. The zero-order chi connectivity index (χ0) is 21.1. The van der Waals surface area contributed by atoms with Crippen LogP contribution in [-0.2, 0) is 6.54 Å². The maximum absolute atomic E-state index is 13.0. The zero-order valence-corrected chi connectivity index (χ0v) is 17.6. The van der Waals surface area contributed by atoms with Gasteiger partial charge >= 0.3 is 0 Å². The molecule has 0 unspecified atom stereocenters. The van der Waals surface area contributed by atoms with E-state index in [4.69, 9.17) is 11.6 Å². The van der Waals surface area contributed by atoms with Crippen LogP contribution in [0.15, 0.2) is 79.1 Å². The van der Waals surface area contributed by atoms with E-state index in [0.717, 1.165) is 28.2 Å². The molecular weight excluding hydrogens is 394 g/mol. The molecule has 0 aliphatic rings. The maximum atomic E-state index is 13.0. The second-order valence-electron chi connectivity index (χ2n) is 7.25. The van der Waals surface area contributed by atoms with Gasteiger partial charge in [0, 0.05) is 35.3 Å².